The molecule has 5 atom stereocenters. The Morgan fingerprint density at radius 1 is 1.11 bits per heavy atom. The Bertz CT molecular complexity index is 1330. The van der Waals surface area contributed by atoms with E-state index in [-0.39, 0.29) is 32.5 Å². The van der Waals surface area contributed by atoms with Crippen LogP contribution in [0.5, 0.6) is 0 Å². The molecule has 260 valence electrons. The molecule has 3 heterocycles. The predicted molar refractivity (Wildman–Crippen MR) is 178 cm³/mol. The third kappa shape index (κ3) is 11.3. The van der Waals surface area contributed by atoms with E-state index < -0.39 is 62.1 Å². The standard InChI is InChI=1S/C31H42N2O11S3/c1-21-9-10-31(30(3,38)29(37)46-47(31)39)18-26(35)32-22(2)28-33-23(20-45-28)7-5-6-8-24(34)25(17-21)44-27(36)19-43-16-15-42-14-13-41-12-11-40-4/h5-8,17,20,22,25,38H,9-16,18-19H2,1-4H3,(H,32,35)/b7-5-,8-6+,21-17+/t22-,25-,30+,31-,47?/m1/s1. The Labute approximate surface area is 285 Å². The molecule has 1 spiro atoms. The first-order valence-corrected chi connectivity index (χ1v) is 18.3. The average Bonchev–Trinajstić information content (AvgIpc) is 3.55. The molecule has 0 radical (unpaired) electrons. The first kappa shape index (κ1) is 39.0. The van der Waals surface area contributed by atoms with E-state index in [0.29, 0.717) is 53.5 Å². The number of aromatic nitrogens is 1. The monoisotopic (exact) mass is 714 g/mol. The molecule has 13 nitrogen and oxygen atoms in total. The van der Waals surface area contributed by atoms with Crippen LogP contribution in [0.3, 0.4) is 0 Å². The van der Waals surface area contributed by atoms with Gasteiger partial charge in [0, 0.05) is 29.1 Å². The molecule has 2 aliphatic rings. The van der Waals surface area contributed by atoms with E-state index in [1.165, 1.54) is 36.5 Å². The van der Waals surface area contributed by atoms with Crippen LogP contribution in [-0.4, -0.2) is 107 Å². The number of amides is 1. The minimum Gasteiger partial charge on any atom is -0.604 e. The number of carbonyl (C=O) groups is 4. The number of ketones is 1. The molecule has 3 rings (SSSR count). The number of aliphatic hydroxyl groups is 1. The van der Waals surface area contributed by atoms with Gasteiger partial charge in [-0.25, -0.2) is 9.78 Å². The topological polar surface area (TPSA) is 183 Å². The van der Waals surface area contributed by atoms with Gasteiger partial charge in [0.15, 0.2) is 33.0 Å². The Morgan fingerprint density at radius 3 is 2.43 bits per heavy atom. The molecule has 1 amide bonds. The van der Waals surface area contributed by atoms with Crippen molar-refractivity contribution in [2.24, 2.45) is 0 Å². The van der Waals surface area contributed by atoms with Crippen LogP contribution >= 0.6 is 22.1 Å². The molecule has 1 aromatic rings. The first-order chi connectivity index (χ1) is 22.4. The van der Waals surface area contributed by atoms with E-state index in [1.54, 1.807) is 38.5 Å². The molecule has 0 aromatic carbocycles. The quantitative estimate of drug-likeness (QED) is 0.106. The maximum absolute atomic E-state index is 13.3. The van der Waals surface area contributed by atoms with E-state index >= 15 is 0 Å². The molecule has 0 saturated carbocycles. The zero-order chi connectivity index (χ0) is 34.5. The fourth-order valence-electron chi connectivity index (χ4n) is 4.64. The molecule has 2 bridgehead atoms. The van der Waals surface area contributed by atoms with E-state index in [9.17, 15) is 28.8 Å². The number of nitrogens with one attached hydrogen (secondary N) is 1. The van der Waals surface area contributed by atoms with Crippen LogP contribution in [0.1, 0.15) is 56.8 Å². The van der Waals surface area contributed by atoms with Gasteiger partial charge in [-0.3, -0.25) is 14.4 Å². The van der Waals surface area contributed by atoms with Crippen molar-refractivity contribution >= 4 is 61.2 Å². The van der Waals surface area contributed by atoms with Crippen LogP contribution in [0.2, 0.25) is 0 Å². The lowest BCUT2D eigenvalue weighted by Gasteiger charge is -2.35. The summed E-state index contributed by atoms with van der Waals surface area (Å²) in [6.07, 6.45) is 5.95. The minimum atomic E-state index is -2.06. The number of nitrogens with zero attached hydrogens (tertiary/aromatic N) is 1. The second kappa shape index (κ2) is 19.0. The van der Waals surface area contributed by atoms with Crippen LogP contribution in [0.15, 0.2) is 35.3 Å². The Hall–Kier alpha value is -2.41. The highest BCUT2D eigenvalue weighted by Crippen LogP contribution is 2.53. The highest BCUT2D eigenvalue weighted by atomic mass is 33.1. The van der Waals surface area contributed by atoms with Crippen molar-refractivity contribution in [3.63, 3.8) is 0 Å². The summed E-state index contributed by atoms with van der Waals surface area (Å²) < 4.78 is 38.1. The zero-order valence-electron chi connectivity index (χ0n) is 26.9. The predicted octanol–water partition coefficient (Wildman–Crippen LogP) is 2.62. The number of ether oxygens (including phenoxy) is 5. The lowest BCUT2D eigenvalue weighted by molar-refractivity contribution is -0.156. The summed E-state index contributed by atoms with van der Waals surface area (Å²) in [5.74, 6) is -1.80. The number of rotatable bonds is 12. The van der Waals surface area contributed by atoms with E-state index in [1.807, 2.05) is 0 Å². The average molecular weight is 715 g/mol. The van der Waals surface area contributed by atoms with Gasteiger partial charge in [-0.2, -0.15) is 0 Å². The summed E-state index contributed by atoms with van der Waals surface area (Å²) in [5.41, 5.74) is -0.908. The van der Waals surface area contributed by atoms with Crippen molar-refractivity contribution in [3.05, 3.63) is 46.0 Å². The number of hydrogen-bond acceptors (Lipinski definition) is 14. The molecule has 16 heteroatoms. The van der Waals surface area contributed by atoms with E-state index in [2.05, 4.69) is 10.3 Å². The smallest absolute Gasteiger partial charge is 0.333 e. The number of thiazole rings is 1. The van der Waals surface area contributed by atoms with Crippen molar-refractivity contribution in [2.75, 3.05) is 53.4 Å². The highest BCUT2D eigenvalue weighted by molar-refractivity contribution is 8.79. The number of hydrogen-bond donors (Lipinski definition) is 2. The van der Waals surface area contributed by atoms with Crippen LogP contribution in [0.4, 0.5) is 0 Å². The molecule has 1 fully saturated rings. The van der Waals surface area contributed by atoms with Gasteiger partial charge in [-0.05, 0) is 45.4 Å². The van der Waals surface area contributed by atoms with Gasteiger partial charge in [0.05, 0.1) is 57.8 Å². The summed E-state index contributed by atoms with van der Waals surface area (Å²) in [6, 6.07) is -0.481. The van der Waals surface area contributed by atoms with Crippen molar-refractivity contribution in [2.45, 2.75) is 62.5 Å². The van der Waals surface area contributed by atoms with Gasteiger partial charge < -0.3 is 38.7 Å². The van der Waals surface area contributed by atoms with Crippen molar-refractivity contribution in [1.82, 2.24) is 10.3 Å². The van der Waals surface area contributed by atoms with Crippen molar-refractivity contribution in [3.8, 4) is 0 Å². The van der Waals surface area contributed by atoms with Gasteiger partial charge in [0.1, 0.15) is 11.6 Å². The Balaban J connectivity index is 1.75. The van der Waals surface area contributed by atoms with E-state index in [0.717, 1.165) is 0 Å². The number of carbonyl (C=O) groups excluding carboxylic acids is 4. The lowest BCUT2D eigenvalue weighted by atomic mass is 9.81. The third-order valence-electron chi connectivity index (χ3n) is 7.42. The third-order valence-corrected chi connectivity index (χ3v) is 12.4. The fraction of sp³-hybridized carbons (Fsp3) is 0.581. The molecule has 2 N–H and O–H groups in total. The summed E-state index contributed by atoms with van der Waals surface area (Å²) in [5, 5.41) is 15.8. The van der Waals surface area contributed by atoms with Crippen LogP contribution < -0.4 is 5.32 Å². The molecular formula is C31H42N2O11S3. The number of methoxy groups -OCH3 is 1. The maximum atomic E-state index is 13.3. The molecule has 2 aliphatic heterocycles. The number of allylic oxidation sites excluding steroid dienone is 3. The van der Waals surface area contributed by atoms with Gasteiger partial charge in [0.25, 0.3) is 5.12 Å². The summed E-state index contributed by atoms with van der Waals surface area (Å²) in [7, 11) is 0.150. The molecular weight excluding hydrogens is 673 g/mol. The SMILES string of the molecule is COCCOCCOCCOCC(=O)O[C@@H]1/C=C(\C)CC[C@]2(CC(=O)N[C@H](C)c3nc(cs3)/C=C\C=C\C1=O)[S+]([O-])SC(=O)[C@]2(C)O. The lowest BCUT2D eigenvalue weighted by Crippen LogP contribution is -2.56. The molecule has 1 saturated heterocycles. The number of fused-ring (bicyclic) bond motifs is 2. The Kier molecular flexibility index (Phi) is 15.7. The number of esters is 1. The van der Waals surface area contributed by atoms with Gasteiger partial charge in [-0.1, -0.05) is 17.7 Å². The molecule has 47 heavy (non-hydrogen) atoms. The normalized spacial score (nSPS) is 29.9. The van der Waals surface area contributed by atoms with Crippen molar-refractivity contribution in [1.29, 1.82) is 0 Å². The summed E-state index contributed by atoms with van der Waals surface area (Å²) >= 11 is 1.32. The summed E-state index contributed by atoms with van der Waals surface area (Å²) in [4.78, 5) is 56.2. The van der Waals surface area contributed by atoms with Crippen LogP contribution in [-0.2, 0) is 53.1 Å². The van der Waals surface area contributed by atoms with Gasteiger partial charge in [0.2, 0.25) is 5.91 Å². The first-order valence-electron chi connectivity index (χ1n) is 15.0. The Morgan fingerprint density at radius 2 is 1.77 bits per heavy atom. The second-order valence-electron chi connectivity index (χ2n) is 11.1. The second-order valence-corrected chi connectivity index (χ2v) is 15.1. The zero-order valence-corrected chi connectivity index (χ0v) is 29.3. The minimum absolute atomic E-state index is 0.0230. The van der Waals surface area contributed by atoms with Crippen molar-refractivity contribution < 1.29 is 52.5 Å². The summed E-state index contributed by atoms with van der Waals surface area (Å²) in [6.45, 7) is 6.33. The maximum Gasteiger partial charge on any atom is 0.333 e. The highest BCUT2D eigenvalue weighted by Gasteiger charge is 2.69. The van der Waals surface area contributed by atoms with Crippen LogP contribution in [0.25, 0.3) is 6.08 Å². The van der Waals surface area contributed by atoms with E-state index in [4.69, 9.17) is 23.7 Å². The largest absolute Gasteiger partial charge is 0.604 e. The van der Waals surface area contributed by atoms with Gasteiger partial charge in [-0.15, -0.1) is 11.3 Å². The molecule has 0 aliphatic carbocycles. The van der Waals surface area contributed by atoms with Gasteiger partial charge >= 0.3 is 5.97 Å². The molecule has 1 aromatic heterocycles. The van der Waals surface area contributed by atoms with Crippen LogP contribution in [0, 0.1) is 0 Å². The fourth-order valence-corrected chi connectivity index (χ4v) is 9.38. The molecule has 1 unspecified atom stereocenters.